The molecule has 1 unspecified atom stereocenters. The van der Waals surface area contributed by atoms with Crippen LogP contribution in [0.2, 0.25) is 0 Å². The monoisotopic (exact) mass is 186 g/mol. The first-order valence-corrected chi connectivity index (χ1v) is 4.03. The van der Waals surface area contributed by atoms with Crippen LogP contribution in [0.5, 0.6) is 0 Å². The molecule has 0 fully saturated rings. The molecule has 0 aliphatic carbocycles. The summed E-state index contributed by atoms with van der Waals surface area (Å²) in [6.45, 7) is 7.33. The Morgan fingerprint density at radius 2 is 2.25 bits per heavy atom. The number of carbonyl (C=O) groups excluding carboxylic acids is 1. The highest BCUT2D eigenvalue weighted by molar-refractivity contribution is 5.81. The number of unbranched alkanes of at least 4 members (excludes halogenated alkanes) is 1. The van der Waals surface area contributed by atoms with Crippen molar-refractivity contribution in [1.29, 1.82) is 0 Å². The molecule has 12 heavy (non-hydrogen) atoms. The van der Waals surface area contributed by atoms with Crippen LogP contribution in [0.1, 0.15) is 33.1 Å². The van der Waals surface area contributed by atoms with Crippen LogP contribution >= 0.6 is 0 Å². The second kappa shape index (κ2) is 8.84. The van der Waals surface area contributed by atoms with Crippen LogP contribution in [0.15, 0.2) is 12.7 Å². The number of carbonyl (C=O) groups is 1. The van der Waals surface area contributed by atoms with Crippen LogP contribution in [0, 0.1) is 0 Å². The molecule has 0 saturated carbocycles. The van der Waals surface area contributed by atoms with E-state index in [1.165, 1.54) is 6.08 Å². The molecule has 0 heterocycles. The van der Waals surface area contributed by atoms with E-state index in [1.807, 2.05) is 6.92 Å². The number of hydrogen-bond acceptors (Lipinski definition) is 2. The highest BCUT2D eigenvalue weighted by Crippen LogP contribution is 2.03. The molecule has 0 aromatic carbocycles. The third-order valence-electron chi connectivity index (χ3n) is 1.45. The standard InChI is InChI=1S/C9H16O2.Al.3H/c1-4-6-7-8(3)11-9(10)5-2;;;;/h5,8H,2,4,6-7H2,1,3H3;;;;. The van der Waals surface area contributed by atoms with Gasteiger partial charge in [-0.05, 0) is 13.3 Å². The number of hydrogen-bond donors (Lipinski definition) is 0. The highest BCUT2D eigenvalue weighted by Gasteiger charge is 2.04. The van der Waals surface area contributed by atoms with Crippen molar-refractivity contribution in [3.05, 3.63) is 12.7 Å². The molecule has 0 saturated heterocycles. The molecule has 70 valence electrons. The van der Waals surface area contributed by atoms with Gasteiger partial charge in [0, 0.05) is 6.08 Å². The molecular formula is C9H19AlO2. The van der Waals surface area contributed by atoms with Crippen molar-refractivity contribution in [2.75, 3.05) is 0 Å². The molecule has 3 heteroatoms. The normalized spacial score (nSPS) is 11.2. The molecular weight excluding hydrogens is 167 g/mol. The van der Waals surface area contributed by atoms with Gasteiger partial charge in [-0.15, -0.1) is 0 Å². The van der Waals surface area contributed by atoms with Crippen molar-refractivity contribution >= 4 is 23.3 Å². The molecule has 0 aromatic rings. The number of rotatable bonds is 5. The van der Waals surface area contributed by atoms with Gasteiger partial charge in [-0.2, -0.15) is 0 Å². The summed E-state index contributed by atoms with van der Waals surface area (Å²) >= 11 is 0. The Balaban J connectivity index is 0. The maximum absolute atomic E-state index is 10.6. The summed E-state index contributed by atoms with van der Waals surface area (Å²) in [5.41, 5.74) is 0. The zero-order valence-electron chi connectivity index (χ0n) is 7.30. The maximum atomic E-state index is 10.6. The minimum absolute atomic E-state index is 0. The second-order valence-electron chi connectivity index (χ2n) is 2.59. The lowest BCUT2D eigenvalue weighted by molar-refractivity contribution is -0.142. The van der Waals surface area contributed by atoms with Gasteiger partial charge in [0.1, 0.15) is 0 Å². The lowest BCUT2D eigenvalue weighted by Crippen LogP contribution is -2.12. The van der Waals surface area contributed by atoms with E-state index in [0.717, 1.165) is 19.3 Å². The van der Waals surface area contributed by atoms with E-state index in [-0.39, 0.29) is 29.4 Å². The summed E-state index contributed by atoms with van der Waals surface area (Å²) in [5, 5.41) is 0. The lowest BCUT2D eigenvalue weighted by atomic mass is 10.2. The summed E-state index contributed by atoms with van der Waals surface area (Å²) in [6.07, 6.45) is 4.40. The fourth-order valence-electron chi connectivity index (χ4n) is 0.797. The van der Waals surface area contributed by atoms with Crippen LogP contribution in [-0.4, -0.2) is 29.4 Å². The first kappa shape index (κ1) is 14.3. The van der Waals surface area contributed by atoms with E-state index in [0.29, 0.717) is 0 Å². The van der Waals surface area contributed by atoms with Gasteiger partial charge in [-0.1, -0.05) is 26.3 Å². The van der Waals surface area contributed by atoms with Gasteiger partial charge in [-0.25, -0.2) is 4.79 Å². The molecule has 2 nitrogen and oxygen atoms in total. The summed E-state index contributed by atoms with van der Waals surface area (Å²) in [5.74, 6) is -0.325. The van der Waals surface area contributed by atoms with Gasteiger partial charge in [0.25, 0.3) is 0 Å². The summed E-state index contributed by atoms with van der Waals surface area (Å²) in [7, 11) is 0. The van der Waals surface area contributed by atoms with Crippen molar-refractivity contribution in [3.63, 3.8) is 0 Å². The molecule has 0 aromatic heterocycles. The van der Waals surface area contributed by atoms with Gasteiger partial charge in [0.15, 0.2) is 17.4 Å². The lowest BCUT2D eigenvalue weighted by Gasteiger charge is -2.10. The third-order valence-corrected chi connectivity index (χ3v) is 1.45. The van der Waals surface area contributed by atoms with Crippen LogP contribution in [-0.2, 0) is 9.53 Å². The van der Waals surface area contributed by atoms with Crippen molar-refractivity contribution in [1.82, 2.24) is 0 Å². The van der Waals surface area contributed by atoms with Crippen molar-refractivity contribution in [3.8, 4) is 0 Å². The van der Waals surface area contributed by atoms with E-state index in [4.69, 9.17) is 4.74 Å². The van der Waals surface area contributed by atoms with Crippen molar-refractivity contribution in [2.45, 2.75) is 39.2 Å². The van der Waals surface area contributed by atoms with E-state index in [9.17, 15) is 4.79 Å². The van der Waals surface area contributed by atoms with Gasteiger partial charge in [-0.3, -0.25) is 0 Å². The minimum Gasteiger partial charge on any atom is -0.460 e. The average molecular weight is 186 g/mol. The predicted octanol–water partition coefficient (Wildman–Crippen LogP) is 1.11. The molecule has 0 aliphatic rings. The molecule has 0 bridgehead atoms. The molecule has 1 atom stereocenters. The molecule has 0 amide bonds. The van der Waals surface area contributed by atoms with Crippen LogP contribution in [0.3, 0.4) is 0 Å². The van der Waals surface area contributed by atoms with Crippen LogP contribution in [0.4, 0.5) is 0 Å². The fraction of sp³-hybridized carbons (Fsp3) is 0.667. The van der Waals surface area contributed by atoms with Gasteiger partial charge >= 0.3 is 5.97 Å². The summed E-state index contributed by atoms with van der Waals surface area (Å²) < 4.78 is 4.94. The molecule has 0 radical (unpaired) electrons. The summed E-state index contributed by atoms with van der Waals surface area (Å²) in [6, 6.07) is 0. The van der Waals surface area contributed by atoms with Crippen LogP contribution < -0.4 is 0 Å². The Kier molecular flexibility index (Phi) is 10.5. The maximum Gasteiger partial charge on any atom is 0.330 e. The van der Waals surface area contributed by atoms with Crippen LogP contribution in [0.25, 0.3) is 0 Å². The average Bonchev–Trinajstić information content (AvgIpc) is 2.00. The Bertz CT molecular complexity index is 134. The van der Waals surface area contributed by atoms with E-state index >= 15 is 0 Å². The van der Waals surface area contributed by atoms with E-state index in [1.54, 1.807) is 0 Å². The SMILES string of the molecule is C=CC(=O)OC(C)CCCC.[AlH3]. The van der Waals surface area contributed by atoms with Crippen molar-refractivity contribution < 1.29 is 9.53 Å². The van der Waals surface area contributed by atoms with Gasteiger partial charge < -0.3 is 4.74 Å². The number of esters is 1. The Morgan fingerprint density at radius 3 is 2.67 bits per heavy atom. The fourth-order valence-corrected chi connectivity index (χ4v) is 0.797. The Hall–Kier alpha value is -0.258. The quantitative estimate of drug-likeness (QED) is 0.365. The zero-order valence-corrected chi connectivity index (χ0v) is 7.30. The van der Waals surface area contributed by atoms with E-state index < -0.39 is 0 Å². The molecule has 0 spiro atoms. The van der Waals surface area contributed by atoms with Gasteiger partial charge in [0.05, 0.1) is 6.10 Å². The molecule has 0 aliphatic heterocycles. The minimum atomic E-state index is -0.325. The topological polar surface area (TPSA) is 26.3 Å². The molecule has 0 N–H and O–H groups in total. The van der Waals surface area contributed by atoms with E-state index in [2.05, 4.69) is 13.5 Å². The van der Waals surface area contributed by atoms with Crippen molar-refractivity contribution in [2.24, 2.45) is 0 Å². The second-order valence-corrected chi connectivity index (χ2v) is 2.59. The number of ether oxygens (including phenoxy) is 1. The first-order valence-electron chi connectivity index (χ1n) is 4.03. The first-order chi connectivity index (χ1) is 5.20. The molecule has 0 rings (SSSR count). The zero-order chi connectivity index (χ0) is 8.69. The summed E-state index contributed by atoms with van der Waals surface area (Å²) in [4.78, 5) is 10.6. The smallest absolute Gasteiger partial charge is 0.330 e. The predicted molar refractivity (Wildman–Crippen MR) is 55.2 cm³/mol. The highest BCUT2D eigenvalue weighted by atomic mass is 27.0. The third kappa shape index (κ3) is 7.85. The largest absolute Gasteiger partial charge is 0.460 e. The Labute approximate surface area is 85.1 Å². The Morgan fingerprint density at radius 1 is 1.67 bits per heavy atom. The van der Waals surface area contributed by atoms with Gasteiger partial charge in [0.2, 0.25) is 0 Å².